The van der Waals surface area contributed by atoms with Gasteiger partial charge in [-0.2, -0.15) is 0 Å². The van der Waals surface area contributed by atoms with Gasteiger partial charge in [0, 0.05) is 12.1 Å². The zero-order valence-electron chi connectivity index (χ0n) is 8.98. The highest BCUT2D eigenvalue weighted by Crippen LogP contribution is 2.44. The van der Waals surface area contributed by atoms with Gasteiger partial charge in [-0.15, -0.1) is 0 Å². The largest absolute Gasteiger partial charge is 0.310 e. The summed E-state index contributed by atoms with van der Waals surface area (Å²) >= 11 is 0. The molecule has 0 spiro atoms. The number of sulfone groups is 1. The molecule has 0 aromatic carbocycles. The lowest BCUT2D eigenvalue weighted by Gasteiger charge is -2.25. The Morgan fingerprint density at radius 2 is 1.93 bits per heavy atom. The number of nitrogens with one attached hydrogen (secondary N) is 1. The second kappa shape index (κ2) is 3.45. The fourth-order valence-electron chi connectivity index (χ4n) is 3.68. The Bertz CT molecular complexity index is 352. The van der Waals surface area contributed by atoms with E-state index in [0.29, 0.717) is 17.5 Å². The summed E-state index contributed by atoms with van der Waals surface area (Å²) in [5.74, 6) is 2.55. The van der Waals surface area contributed by atoms with E-state index in [1.165, 1.54) is 25.7 Å². The molecular weight excluding hydrogens is 210 g/mol. The topological polar surface area (TPSA) is 46.2 Å². The van der Waals surface area contributed by atoms with Gasteiger partial charge in [-0.3, -0.25) is 0 Å². The lowest BCUT2D eigenvalue weighted by molar-refractivity contribution is 0.326. The van der Waals surface area contributed by atoms with Crippen LogP contribution in [0.25, 0.3) is 0 Å². The van der Waals surface area contributed by atoms with Crippen molar-refractivity contribution in [3.8, 4) is 0 Å². The van der Waals surface area contributed by atoms with Crippen molar-refractivity contribution in [1.29, 1.82) is 0 Å². The standard InChI is InChI=1S/C11H19NO2S/c13-15(14)4-3-10(7-15)12-11-6-8-1-2-9(11)5-8/h8-12H,1-7H2/t8-,9+,10-,11+/m1/s1. The molecule has 2 saturated carbocycles. The first-order chi connectivity index (χ1) is 7.12. The van der Waals surface area contributed by atoms with Crippen molar-refractivity contribution in [1.82, 2.24) is 5.32 Å². The number of hydrogen-bond acceptors (Lipinski definition) is 3. The second-order valence-electron chi connectivity index (χ2n) is 5.55. The van der Waals surface area contributed by atoms with E-state index in [4.69, 9.17) is 0 Å². The third kappa shape index (κ3) is 1.94. The highest BCUT2D eigenvalue weighted by atomic mass is 32.2. The van der Waals surface area contributed by atoms with Crippen LogP contribution in [0.15, 0.2) is 0 Å². The quantitative estimate of drug-likeness (QED) is 0.767. The van der Waals surface area contributed by atoms with E-state index >= 15 is 0 Å². The molecule has 1 heterocycles. The predicted octanol–water partition coefficient (Wildman–Crippen LogP) is 0.952. The van der Waals surface area contributed by atoms with Crippen LogP contribution in [0.1, 0.15) is 32.1 Å². The summed E-state index contributed by atoms with van der Waals surface area (Å²) in [4.78, 5) is 0. The van der Waals surface area contributed by atoms with Crippen molar-refractivity contribution in [2.24, 2.45) is 11.8 Å². The Hall–Kier alpha value is -0.0900. The average Bonchev–Trinajstić information content (AvgIpc) is 2.81. The molecule has 0 amide bonds. The first-order valence-electron chi connectivity index (χ1n) is 6.09. The summed E-state index contributed by atoms with van der Waals surface area (Å²) in [7, 11) is -2.71. The Balaban J connectivity index is 1.58. The highest BCUT2D eigenvalue weighted by molar-refractivity contribution is 7.91. The van der Waals surface area contributed by atoms with Gasteiger partial charge in [0.05, 0.1) is 11.5 Å². The number of fused-ring (bicyclic) bond motifs is 2. The molecule has 15 heavy (non-hydrogen) atoms. The van der Waals surface area contributed by atoms with Gasteiger partial charge in [0.1, 0.15) is 0 Å². The van der Waals surface area contributed by atoms with Crippen molar-refractivity contribution in [2.45, 2.75) is 44.2 Å². The molecule has 3 rings (SSSR count). The highest BCUT2D eigenvalue weighted by Gasteiger charge is 2.41. The molecule has 0 radical (unpaired) electrons. The van der Waals surface area contributed by atoms with Gasteiger partial charge in [-0.1, -0.05) is 6.42 Å². The summed E-state index contributed by atoms with van der Waals surface area (Å²) in [5.41, 5.74) is 0. The second-order valence-corrected chi connectivity index (χ2v) is 7.78. The molecular formula is C11H19NO2S. The van der Waals surface area contributed by atoms with Crippen LogP contribution in [0.2, 0.25) is 0 Å². The fourth-order valence-corrected chi connectivity index (χ4v) is 5.36. The molecule has 4 heteroatoms. The third-order valence-corrected chi connectivity index (χ3v) is 6.19. The summed E-state index contributed by atoms with van der Waals surface area (Å²) < 4.78 is 22.7. The molecule has 0 aromatic heterocycles. The predicted molar refractivity (Wildman–Crippen MR) is 59.4 cm³/mol. The van der Waals surface area contributed by atoms with E-state index in [0.717, 1.165) is 18.3 Å². The monoisotopic (exact) mass is 229 g/mol. The molecule has 3 aliphatic rings. The van der Waals surface area contributed by atoms with Crippen molar-refractivity contribution in [2.75, 3.05) is 11.5 Å². The summed E-state index contributed by atoms with van der Waals surface area (Å²) in [6.07, 6.45) is 6.28. The van der Waals surface area contributed by atoms with E-state index in [9.17, 15) is 8.42 Å². The molecule has 2 aliphatic carbocycles. The first kappa shape index (κ1) is 10.1. The van der Waals surface area contributed by atoms with E-state index in [1.54, 1.807) is 0 Å². The van der Waals surface area contributed by atoms with E-state index < -0.39 is 9.84 Å². The van der Waals surface area contributed by atoms with E-state index in [-0.39, 0.29) is 6.04 Å². The van der Waals surface area contributed by atoms with Crippen LogP contribution in [-0.2, 0) is 9.84 Å². The van der Waals surface area contributed by atoms with Gasteiger partial charge in [0.2, 0.25) is 0 Å². The number of hydrogen-bond donors (Lipinski definition) is 1. The van der Waals surface area contributed by atoms with Crippen LogP contribution in [0.4, 0.5) is 0 Å². The summed E-state index contributed by atoms with van der Waals surface area (Å²) in [5, 5.41) is 3.59. The Kier molecular flexibility index (Phi) is 2.32. The minimum absolute atomic E-state index is 0.249. The Morgan fingerprint density at radius 3 is 2.47 bits per heavy atom. The lowest BCUT2D eigenvalue weighted by atomic mass is 9.94. The SMILES string of the molecule is O=S1(=O)CC[C@@H](N[C@H]2C[C@@H]3CC[C@H]2C3)C1. The van der Waals surface area contributed by atoms with Crippen LogP contribution >= 0.6 is 0 Å². The van der Waals surface area contributed by atoms with E-state index in [1.807, 2.05) is 0 Å². The van der Waals surface area contributed by atoms with Crippen LogP contribution in [0.5, 0.6) is 0 Å². The first-order valence-corrected chi connectivity index (χ1v) is 7.91. The minimum atomic E-state index is -2.71. The van der Waals surface area contributed by atoms with Crippen LogP contribution < -0.4 is 5.32 Å². The van der Waals surface area contributed by atoms with Gasteiger partial charge >= 0.3 is 0 Å². The maximum Gasteiger partial charge on any atom is 0.151 e. The maximum absolute atomic E-state index is 11.3. The zero-order valence-corrected chi connectivity index (χ0v) is 9.80. The molecule has 4 atom stereocenters. The molecule has 3 nitrogen and oxygen atoms in total. The van der Waals surface area contributed by atoms with Crippen LogP contribution in [0.3, 0.4) is 0 Å². The molecule has 86 valence electrons. The Labute approximate surface area is 91.5 Å². The third-order valence-electron chi connectivity index (χ3n) is 4.42. The van der Waals surface area contributed by atoms with Gasteiger partial charge in [0.15, 0.2) is 9.84 Å². The molecule has 0 aromatic rings. The molecule has 2 bridgehead atoms. The van der Waals surface area contributed by atoms with Gasteiger partial charge < -0.3 is 5.32 Å². The molecule has 1 N–H and O–H groups in total. The normalized spacial score (nSPS) is 47.5. The van der Waals surface area contributed by atoms with Crippen LogP contribution in [0, 0.1) is 11.8 Å². The summed E-state index contributed by atoms with van der Waals surface area (Å²) in [6.45, 7) is 0. The van der Waals surface area contributed by atoms with Crippen molar-refractivity contribution >= 4 is 9.84 Å². The number of rotatable bonds is 2. The van der Waals surface area contributed by atoms with Gasteiger partial charge in [-0.25, -0.2) is 8.42 Å². The molecule has 1 saturated heterocycles. The van der Waals surface area contributed by atoms with E-state index in [2.05, 4.69) is 5.32 Å². The van der Waals surface area contributed by atoms with Gasteiger partial charge in [0.25, 0.3) is 0 Å². The smallest absolute Gasteiger partial charge is 0.151 e. The maximum atomic E-state index is 11.3. The summed E-state index contributed by atoms with van der Waals surface area (Å²) in [6, 6.07) is 0.876. The minimum Gasteiger partial charge on any atom is -0.310 e. The lowest BCUT2D eigenvalue weighted by Crippen LogP contribution is -2.41. The average molecular weight is 229 g/mol. The van der Waals surface area contributed by atoms with Gasteiger partial charge in [-0.05, 0) is 37.5 Å². The van der Waals surface area contributed by atoms with Crippen molar-refractivity contribution < 1.29 is 8.42 Å². The fraction of sp³-hybridized carbons (Fsp3) is 1.00. The molecule has 0 unspecified atom stereocenters. The molecule has 3 fully saturated rings. The molecule has 1 aliphatic heterocycles. The van der Waals surface area contributed by atoms with Crippen molar-refractivity contribution in [3.63, 3.8) is 0 Å². The van der Waals surface area contributed by atoms with Crippen LogP contribution in [-0.4, -0.2) is 32.0 Å². The Morgan fingerprint density at radius 1 is 1.07 bits per heavy atom. The zero-order chi connectivity index (χ0) is 10.5. The van der Waals surface area contributed by atoms with Crippen molar-refractivity contribution in [3.05, 3.63) is 0 Å².